The number of hydrogen-bond acceptors (Lipinski definition) is 5. The molecule has 1 fully saturated rings. The normalized spacial score (nSPS) is 21.6. The van der Waals surface area contributed by atoms with Gasteiger partial charge in [0.1, 0.15) is 11.6 Å². The molecule has 0 saturated heterocycles. The van der Waals surface area contributed by atoms with Crippen molar-refractivity contribution >= 4 is 16.7 Å². The van der Waals surface area contributed by atoms with Crippen LogP contribution >= 0.6 is 0 Å². The summed E-state index contributed by atoms with van der Waals surface area (Å²) < 4.78 is 9.04. The Balaban J connectivity index is 1.84. The van der Waals surface area contributed by atoms with Gasteiger partial charge in [-0.05, 0) is 43.4 Å². The first kappa shape index (κ1) is 19.7. The monoisotopic (exact) mass is 417 g/mol. The van der Waals surface area contributed by atoms with Crippen LogP contribution in [0.2, 0.25) is 0 Å². The zero-order valence-corrected chi connectivity index (χ0v) is 18.4. The average Bonchev–Trinajstić information content (AvgIpc) is 3.14. The second-order valence-corrected chi connectivity index (χ2v) is 8.69. The minimum atomic E-state index is -0.0242. The molecule has 7 nitrogen and oxygen atoms in total. The number of benzene rings is 1. The molecule has 0 aliphatic heterocycles. The van der Waals surface area contributed by atoms with Crippen LogP contribution in [0.25, 0.3) is 27.9 Å². The smallest absolute Gasteiger partial charge is 0.262 e. The van der Waals surface area contributed by atoms with Gasteiger partial charge in [0.05, 0.1) is 23.7 Å². The zero-order chi connectivity index (χ0) is 21.7. The summed E-state index contributed by atoms with van der Waals surface area (Å²) in [5.41, 5.74) is 2.16. The van der Waals surface area contributed by atoms with Gasteiger partial charge in [0.2, 0.25) is 0 Å². The standard InChI is InChI=1S/C24H27N5O2/c1-14-7-5-10-20(15(14)2)28-12-11-19-21(23(28)30)22(17-8-6-9-18(13-17)31-4)29-24(26-19)25-16(3)27-29/h6,8-9,11-15,20H,5,7,10H2,1-4H3/t14-,15-,20-/m1/s1. The topological polar surface area (TPSA) is 74.3 Å². The van der Waals surface area contributed by atoms with Crippen LogP contribution in [0.15, 0.2) is 41.3 Å². The van der Waals surface area contributed by atoms with Crippen LogP contribution in [-0.2, 0) is 0 Å². The molecule has 1 saturated carbocycles. The third kappa shape index (κ3) is 3.19. The van der Waals surface area contributed by atoms with Gasteiger partial charge in [-0.2, -0.15) is 9.50 Å². The summed E-state index contributed by atoms with van der Waals surface area (Å²) in [5, 5.41) is 5.13. The lowest BCUT2D eigenvalue weighted by molar-refractivity contribution is 0.183. The molecule has 1 aliphatic carbocycles. The van der Waals surface area contributed by atoms with Gasteiger partial charge in [-0.25, -0.2) is 4.98 Å². The van der Waals surface area contributed by atoms with E-state index in [9.17, 15) is 4.79 Å². The van der Waals surface area contributed by atoms with Crippen molar-refractivity contribution in [3.63, 3.8) is 0 Å². The Bertz CT molecular complexity index is 1340. The van der Waals surface area contributed by atoms with E-state index in [-0.39, 0.29) is 11.6 Å². The number of hydrogen-bond donors (Lipinski definition) is 0. The number of aryl methyl sites for hydroxylation is 1. The maximum atomic E-state index is 13.9. The van der Waals surface area contributed by atoms with Crippen LogP contribution in [0.1, 0.15) is 45.0 Å². The number of rotatable bonds is 3. The van der Waals surface area contributed by atoms with Crippen molar-refractivity contribution in [1.82, 2.24) is 24.1 Å². The van der Waals surface area contributed by atoms with Gasteiger partial charge < -0.3 is 9.30 Å². The molecule has 31 heavy (non-hydrogen) atoms. The van der Waals surface area contributed by atoms with Gasteiger partial charge in [0.15, 0.2) is 0 Å². The molecule has 0 N–H and O–H groups in total. The fourth-order valence-corrected chi connectivity index (χ4v) is 4.94. The van der Waals surface area contributed by atoms with Crippen molar-refractivity contribution in [3.8, 4) is 17.0 Å². The number of pyridine rings is 1. The predicted molar refractivity (Wildman–Crippen MR) is 120 cm³/mol. The Morgan fingerprint density at radius 2 is 1.97 bits per heavy atom. The van der Waals surface area contributed by atoms with E-state index in [0.29, 0.717) is 40.0 Å². The molecule has 0 bridgehead atoms. The predicted octanol–water partition coefficient (Wildman–Crippen LogP) is 4.42. The van der Waals surface area contributed by atoms with Crippen molar-refractivity contribution in [2.75, 3.05) is 7.11 Å². The molecule has 160 valence electrons. The third-order valence-electron chi connectivity index (χ3n) is 6.83. The summed E-state index contributed by atoms with van der Waals surface area (Å²) in [6, 6.07) is 9.83. The van der Waals surface area contributed by atoms with E-state index in [1.54, 1.807) is 11.6 Å². The second-order valence-electron chi connectivity index (χ2n) is 8.69. The van der Waals surface area contributed by atoms with Crippen molar-refractivity contribution < 1.29 is 4.74 Å². The van der Waals surface area contributed by atoms with Crippen LogP contribution in [0.5, 0.6) is 5.75 Å². The number of methoxy groups -OCH3 is 1. The highest BCUT2D eigenvalue weighted by atomic mass is 16.5. The highest BCUT2D eigenvalue weighted by molar-refractivity contribution is 5.93. The minimum absolute atomic E-state index is 0.0242. The molecule has 7 heteroatoms. The summed E-state index contributed by atoms with van der Waals surface area (Å²) in [4.78, 5) is 23.0. The first-order valence-corrected chi connectivity index (χ1v) is 10.9. The lowest BCUT2D eigenvalue weighted by atomic mass is 9.78. The van der Waals surface area contributed by atoms with E-state index in [0.717, 1.165) is 24.2 Å². The fraction of sp³-hybridized carbons (Fsp3) is 0.417. The average molecular weight is 418 g/mol. The highest BCUT2D eigenvalue weighted by Gasteiger charge is 2.30. The van der Waals surface area contributed by atoms with Crippen LogP contribution in [-0.4, -0.2) is 31.3 Å². The maximum absolute atomic E-state index is 13.9. The summed E-state index contributed by atoms with van der Waals surface area (Å²) in [6.45, 7) is 6.38. The quantitative estimate of drug-likeness (QED) is 0.493. The van der Waals surface area contributed by atoms with E-state index < -0.39 is 0 Å². The molecule has 3 atom stereocenters. The van der Waals surface area contributed by atoms with E-state index in [4.69, 9.17) is 4.74 Å². The van der Waals surface area contributed by atoms with Gasteiger partial charge in [-0.15, -0.1) is 5.10 Å². The third-order valence-corrected chi connectivity index (χ3v) is 6.83. The van der Waals surface area contributed by atoms with Crippen LogP contribution in [0, 0.1) is 18.8 Å². The van der Waals surface area contributed by atoms with E-state index >= 15 is 0 Å². The van der Waals surface area contributed by atoms with Gasteiger partial charge in [-0.1, -0.05) is 38.8 Å². The van der Waals surface area contributed by atoms with Crippen molar-refractivity contribution in [3.05, 3.63) is 52.7 Å². The van der Waals surface area contributed by atoms with Crippen molar-refractivity contribution in [2.24, 2.45) is 11.8 Å². The molecule has 1 aromatic carbocycles. The Kier molecular flexibility index (Phi) is 4.76. The van der Waals surface area contributed by atoms with Gasteiger partial charge >= 0.3 is 0 Å². The molecule has 3 heterocycles. The number of nitrogens with zero attached hydrogens (tertiary/aromatic N) is 5. The van der Waals surface area contributed by atoms with Gasteiger partial charge in [-0.3, -0.25) is 4.79 Å². The summed E-state index contributed by atoms with van der Waals surface area (Å²) in [7, 11) is 1.64. The first-order chi connectivity index (χ1) is 15.0. The fourth-order valence-electron chi connectivity index (χ4n) is 4.94. The van der Waals surface area contributed by atoms with Gasteiger partial charge in [0.25, 0.3) is 11.3 Å². The number of aromatic nitrogens is 5. The van der Waals surface area contributed by atoms with E-state index in [1.165, 1.54) is 6.42 Å². The first-order valence-electron chi connectivity index (χ1n) is 10.9. The molecule has 5 rings (SSSR count). The second kappa shape index (κ2) is 7.48. The van der Waals surface area contributed by atoms with E-state index in [2.05, 4.69) is 28.9 Å². The van der Waals surface area contributed by atoms with Crippen molar-refractivity contribution in [1.29, 1.82) is 0 Å². The minimum Gasteiger partial charge on any atom is -0.497 e. The molecule has 4 aromatic rings. The summed E-state index contributed by atoms with van der Waals surface area (Å²) >= 11 is 0. The molecule has 1 aliphatic rings. The molecule has 0 unspecified atom stereocenters. The van der Waals surface area contributed by atoms with E-state index in [1.807, 2.05) is 48.0 Å². The molecular formula is C24H27N5O2. The molecular weight excluding hydrogens is 390 g/mol. The largest absolute Gasteiger partial charge is 0.497 e. The Morgan fingerprint density at radius 1 is 1.13 bits per heavy atom. The maximum Gasteiger partial charge on any atom is 0.262 e. The molecule has 0 amide bonds. The van der Waals surface area contributed by atoms with Crippen LogP contribution < -0.4 is 10.3 Å². The molecule has 0 spiro atoms. The summed E-state index contributed by atoms with van der Waals surface area (Å²) in [6.07, 6.45) is 5.29. The lowest BCUT2D eigenvalue weighted by Gasteiger charge is -2.35. The Hall–Kier alpha value is -3.22. The molecule has 3 aromatic heterocycles. The number of ether oxygens (including phenoxy) is 1. The summed E-state index contributed by atoms with van der Waals surface area (Å²) in [5.74, 6) is 2.85. The number of fused-ring (bicyclic) bond motifs is 2. The highest BCUT2D eigenvalue weighted by Crippen LogP contribution is 2.37. The Morgan fingerprint density at radius 3 is 2.77 bits per heavy atom. The van der Waals surface area contributed by atoms with Crippen LogP contribution in [0.4, 0.5) is 0 Å². The Labute approximate surface area is 180 Å². The SMILES string of the molecule is COc1cccc(-c2c3c(=O)n([C@@H]4CCC[C@@H](C)[C@H]4C)ccc3nc3nc(C)nn23)c1. The van der Waals surface area contributed by atoms with Crippen molar-refractivity contribution in [2.45, 2.75) is 46.1 Å². The zero-order valence-electron chi connectivity index (χ0n) is 18.4. The lowest BCUT2D eigenvalue weighted by Crippen LogP contribution is -2.33. The van der Waals surface area contributed by atoms with Crippen LogP contribution in [0.3, 0.4) is 0 Å². The van der Waals surface area contributed by atoms with Gasteiger partial charge in [0, 0.05) is 17.8 Å². The molecule has 0 radical (unpaired) electrons.